The smallest absolute Gasteiger partial charge is 0.407 e. The normalized spacial score (nSPS) is 20.4. The molecule has 2 aromatic rings. The predicted octanol–water partition coefficient (Wildman–Crippen LogP) is 5.90. The molecule has 7 nitrogen and oxygen atoms in total. The summed E-state index contributed by atoms with van der Waals surface area (Å²) in [4.78, 5) is 25.6. The van der Waals surface area contributed by atoms with Gasteiger partial charge in [0.25, 0.3) is 8.32 Å². The third-order valence-electron chi connectivity index (χ3n) is 6.97. The summed E-state index contributed by atoms with van der Waals surface area (Å²) < 4.78 is 18.5. The van der Waals surface area contributed by atoms with Crippen LogP contribution in [0.15, 0.2) is 60.7 Å². The molecule has 0 saturated heterocycles. The third-order valence-corrected chi connectivity index (χ3v) is 12.1. The van der Waals surface area contributed by atoms with Gasteiger partial charge in [0.1, 0.15) is 11.2 Å². The van der Waals surface area contributed by atoms with Crippen LogP contribution < -0.4 is 21.0 Å². The Bertz CT molecular complexity index is 1080. The molecule has 8 heteroatoms. The van der Waals surface area contributed by atoms with E-state index in [9.17, 15) is 9.59 Å². The van der Waals surface area contributed by atoms with E-state index >= 15 is 0 Å². The summed E-state index contributed by atoms with van der Waals surface area (Å²) in [7, 11) is -2.79. The second kappa shape index (κ2) is 12.3. The molecular formula is C32H48N2O5Si. The maximum absolute atomic E-state index is 12.9. The number of rotatable bonds is 6. The molecule has 3 atom stereocenters. The Hall–Kier alpha value is -2.84. The summed E-state index contributed by atoms with van der Waals surface area (Å²) in [5, 5.41) is 8.27. The standard InChI is InChI=1S/C32H48N2O5Si/c1-30(2,3)37-28(35)33-26-21-20-23(22-27(26)34-29(36)38-31(4,5)6)39-40(32(7,8)9,24-16-12-10-13-17-24)25-18-14-11-15-19-25/h10-19,23,26-27H,20-22H2,1-9H3,(H,33,35)(H,34,36)/t23?,26-,27+/m1/s1. The first-order valence-corrected chi connectivity index (χ1v) is 16.2. The first-order chi connectivity index (χ1) is 18.5. The van der Waals surface area contributed by atoms with Gasteiger partial charge < -0.3 is 24.5 Å². The third kappa shape index (κ3) is 8.33. The van der Waals surface area contributed by atoms with E-state index in [0.29, 0.717) is 12.8 Å². The van der Waals surface area contributed by atoms with Crippen molar-refractivity contribution in [2.75, 3.05) is 0 Å². The zero-order chi connectivity index (χ0) is 29.8. The van der Waals surface area contributed by atoms with E-state index in [0.717, 1.165) is 6.42 Å². The second-order valence-corrected chi connectivity index (χ2v) is 18.0. The molecule has 1 aliphatic rings. The van der Waals surface area contributed by atoms with Crippen molar-refractivity contribution in [1.29, 1.82) is 0 Å². The van der Waals surface area contributed by atoms with Crippen LogP contribution in [0.2, 0.25) is 5.04 Å². The zero-order valence-electron chi connectivity index (χ0n) is 25.7. The van der Waals surface area contributed by atoms with Crippen molar-refractivity contribution in [3.63, 3.8) is 0 Å². The monoisotopic (exact) mass is 568 g/mol. The molecule has 2 amide bonds. The topological polar surface area (TPSA) is 85.9 Å². The Labute approximate surface area is 241 Å². The van der Waals surface area contributed by atoms with Crippen LogP contribution in [-0.4, -0.2) is 49.9 Å². The minimum Gasteiger partial charge on any atom is -0.444 e. The van der Waals surface area contributed by atoms with Gasteiger partial charge in [-0.2, -0.15) is 0 Å². The van der Waals surface area contributed by atoms with Crippen LogP contribution in [0.5, 0.6) is 0 Å². The zero-order valence-corrected chi connectivity index (χ0v) is 26.7. The van der Waals surface area contributed by atoms with Gasteiger partial charge >= 0.3 is 12.2 Å². The highest BCUT2D eigenvalue weighted by Gasteiger charge is 2.52. The van der Waals surface area contributed by atoms with Crippen molar-refractivity contribution in [1.82, 2.24) is 10.6 Å². The Kier molecular flexibility index (Phi) is 9.78. The number of hydrogen-bond acceptors (Lipinski definition) is 5. The molecular weight excluding hydrogens is 520 g/mol. The molecule has 0 aromatic heterocycles. The fourth-order valence-corrected chi connectivity index (χ4v) is 10.2. The van der Waals surface area contributed by atoms with Crippen LogP contribution >= 0.6 is 0 Å². The maximum atomic E-state index is 12.9. The summed E-state index contributed by atoms with van der Waals surface area (Å²) >= 11 is 0. The van der Waals surface area contributed by atoms with E-state index in [4.69, 9.17) is 13.9 Å². The van der Waals surface area contributed by atoms with Gasteiger partial charge in [-0.1, -0.05) is 81.4 Å². The molecule has 0 radical (unpaired) electrons. The van der Waals surface area contributed by atoms with Gasteiger partial charge in [-0.3, -0.25) is 0 Å². The quantitative estimate of drug-likeness (QED) is 0.424. The lowest BCUT2D eigenvalue weighted by molar-refractivity contribution is 0.0340. The molecule has 0 heterocycles. The van der Waals surface area contributed by atoms with Gasteiger partial charge in [-0.25, -0.2) is 9.59 Å². The molecule has 3 rings (SSSR count). The molecule has 0 bridgehead atoms. The summed E-state index contributed by atoms with van der Waals surface area (Å²) in [5.41, 5.74) is -1.26. The lowest BCUT2D eigenvalue weighted by Crippen LogP contribution is -2.68. The Morgan fingerprint density at radius 3 is 1.50 bits per heavy atom. The lowest BCUT2D eigenvalue weighted by atomic mass is 9.88. The van der Waals surface area contributed by atoms with Gasteiger partial charge in [-0.15, -0.1) is 0 Å². The fraction of sp³-hybridized carbons (Fsp3) is 0.562. The molecule has 0 aliphatic heterocycles. The van der Waals surface area contributed by atoms with Gasteiger partial charge in [-0.05, 0) is 76.2 Å². The van der Waals surface area contributed by atoms with E-state index in [1.165, 1.54) is 10.4 Å². The highest BCUT2D eigenvalue weighted by molar-refractivity contribution is 6.99. The van der Waals surface area contributed by atoms with E-state index in [1.54, 1.807) is 0 Å². The minimum atomic E-state index is -2.79. The van der Waals surface area contributed by atoms with Gasteiger partial charge in [0.05, 0.1) is 12.1 Å². The van der Waals surface area contributed by atoms with Gasteiger partial charge in [0, 0.05) is 6.10 Å². The molecule has 1 unspecified atom stereocenters. The highest BCUT2D eigenvalue weighted by Crippen LogP contribution is 2.39. The van der Waals surface area contributed by atoms with Crippen LogP contribution in [0.3, 0.4) is 0 Å². The van der Waals surface area contributed by atoms with Crippen LogP contribution in [-0.2, 0) is 13.9 Å². The van der Waals surface area contributed by atoms with Crippen molar-refractivity contribution >= 4 is 30.9 Å². The minimum absolute atomic E-state index is 0.136. The molecule has 40 heavy (non-hydrogen) atoms. The molecule has 0 spiro atoms. The lowest BCUT2D eigenvalue weighted by Gasteiger charge is -2.47. The Morgan fingerprint density at radius 1 is 0.675 bits per heavy atom. The Morgan fingerprint density at radius 2 is 1.10 bits per heavy atom. The number of amides is 2. The van der Waals surface area contributed by atoms with Crippen molar-refractivity contribution in [3.8, 4) is 0 Å². The largest absolute Gasteiger partial charge is 0.444 e. The summed E-state index contributed by atoms with van der Waals surface area (Å²) in [6.07, 6.45) is 0.742. The molecule has 1 fully saturated rings. The number of carbonyl (C=O) groups is 2. The van der Waals surface area contributed by atoms with E-state index in [2.05, 4.69) is 79.9 Å². The van der Waals surface area contributed by atoms with Crippen LogP contribution in [0.1, 0.15) is 81.6 Å². The van der Waals surface area contributed by atoms with Crippen LogP contribution in [0.4, 0.5) is 9.59 Å². The van der Waals surface area contributed by atoms with Crippen molar-refractivity contribution in [2.45, 2.75) is 116 Å². The van der Waals surface area contributed by atoms with Crippen molar-refractivity contribution in [3.05, 3.63) is 60.7 Å². The molecule has 1 saturated carbocycles. The van der Waals surface area contributed by atoms with Crippen LogP contribution in [0, 0.1) is 0 Å². The number of ether oxygens (including phenoxy) is 2. The number of nitrogens with one attached hydrogen (secondary N) is 2. The van der Waals surface area contributed by atoms with Gasteiger partial charge in [0.15, 0.2) is 0 Å². The second-order valence-electron chi connectivity index (χ2n) is 13.7. The summed E-state index contributed by atoms with van der Waals surface area (Å²) in [5.74, 6) is 0. The highest BCUT2D eigenvalue weighted by atomic mass is 28.4. The van der Waals surface area contributed by atoms with Crippen molar-refractivity contribution in [2.24, 2.45) is 0 Å². The fourth-order valence-electron chi connectivity index (χ4n) is 5.43. The Balaban J connectivity index is 1.94. The molecule has 1 aliphatic carbocycles. The van der Waals surface area contributed by atoms with E-state index < -0.39 is 31.7 Å². The number of alkyl carbamates (subject to hydrolysis) is 2. The van der Waals surface area contributed by atoms with Gasteiger partial charge in [0.2, 0.25) is 0 Å². The SMILES string of the molecule is CC(C)(C)OC(=O)N[C@H]1CC(O[Si](c2ccccc2)(c2ccccc2)C(C)(C)C)CC[C@H]1NC(=O)OC(C)(C)C. The summed E-state index contributed by atoms with van der Waals surface area (Å²) in [6, 6.07) is 20.4. The first-order valence-electron chi connectivity index (χ1n) is 14.3. The maximum Gasteiger partial charge on any atom is 0.407 e. The number of hydrogen-bond donors (Lipinski definition) is 2. The molecule has 2 aromatic carbocycles. The van der Waals surface area contributed by atoms with Crippen LogP contribution in [0.25, 0.3) is 0 Å². The number of carbonyl (C=O) groups excluding carboxylic acids is 2. The van der Waals surface area contributed by atoms with E-state index in [-0.39, 0.29) is 23.2 Å². The van der Waals surface area contributed by atoms with Crippen molar-refractivity contribution < 1.29 is 23.5 Å². The molecule has 220 valence electrons. The first kappa shape index (κ1) is 31.7. The average molecular weight is 569 g/mol. The predicted molar refractivity (Wildman–Crippen MR) is 163 cm³/mol. The molecule has 2 N–H and O–H groups in total. The van der Waals surface area contributed by atoms with E-state index in [1.807, 2.05) is 53.7 Å². The number of benzene rings is 2. The average Bonchev–Trinajstić information content (AvgIpc) is 2.82. The summed E-state index contributed by atoms with van der Waals surface area (Å²) in [6.45, 7) is 17.8.